The lowest BCUT2D eigenvalue weighted by molar-refractivity contribution is -0.123. The summed E-state index contributed by atoms with van der Waals surface area (Å²) in [6, 6.07) is 16.1. The standard InChI is InChI=1S/C19H18N4O3/c1-14-7-9-15(10-8-14)26-13-18(24)21-22-19(25)16-5-2-3-6-17(16)23-12-4-11-20-23/h2-12H,13H2,1H3,(H,21,24)(H,22,25). The zero-order valence-electron chi connectivity index (χ0n) is 14.2. The molecule has 2 aromatic carbocycles. The molecule has 1 heterocycles. The topological polar surface area (TPSA) is 85.3 Å². The van der Waals surface area contributed by atoms with Crippen LogP contribution in [-0.4, -0.2) is 28.2 Å². The number of hydrogen-bond acceptors (Lipinski definition) is 4. The average molecular weight is 350 g/mol. The van der Waals surface area contributed by atoms with Crippen LogP contribution in [0.2, 0.25) is 0 Å². The van der Waals surface area contributed by atoms with E-state index >= 15 is 0 Å². The van der Waals surface area contributed by atoms with Crippen molar-refractivity contribution >= 4 is 11.8 Å². The fraction of sp³-hybridized carbons (Fsp3) is 0.105. The summed E-state index contributed by atoms with van der Waals surface area (Å²) in [6.45, 7) is 1.76. The number of nitrogens with one attached hydrogen (secondary N) is 2. The number of ether oxygens (including phenoxy) is 1. The number of nitrogens with zero attached hydrogens (tertiary/aromatic N) is 2. The lowest BCUT2D eigenvalue weighted by Crippen LogP contribution is -2.44. The van der Waals surface area contributed by atoms with Gasteiger partial charge in [-0.05, 0) is 37.3 Å². The number of para-hydroxylation sites is 1. The molecular formula is C19H18N4O3. The average Bonchev–Trinajstić information content (AvgIpc) is 3.20. The number of hydrogen-bond donors (Lipinski definition) is 2. The van der Waals surface area contributed by atoms with Crippen molar-refractivity contribution in [3.05, 3.63) is 78.1 Å². The number of carbonyl (C=O) groups excluding carboxylic acids is 2. The summed E-state index contributed by atoms with van der Waals surface area (Å²) >= 11 is 0. The number of hydrazine groups is 1. The van der Waals surface area contributed by atoms with Crippen LogP contribution < -0.4 is 15.6 Å². The van der Waals surface area contributed by atoms with Gasteiger partial charge in [0.1, 0.15) is 5.75 Å². The predicted molar refractivity (Wildman–Crippen MR) is 95.8 cm³/mol. The van der Waals surface area contributed by atoms with Gasteiger partial charge in [-0.2, -0.15) is 5.10 Å². The highest BCUT2D eigenvalue weighted by atomic mass is 16.5. The molecular weight excluding hydrogens is 332 g/mol. The molecule has 3 aromatic rings. The van der Waals surface area contributed by atoms with Crippen molar-refractivity contribution in [3.8, 4) is 11.4 Å². The van der Waals surface area contributed by atoms with Gasteiger partial charge in [0.25, 0.3) is 11.8 Å². The first-order valence-corrected chi connectivity index (χ1v) is 8.01. The van der Waals surface area contributed by atoms with Crippen molar-refractivity contribution in [1.29, 1.82) is 0 Å². The molecule has 0 spiro atoms. The normalized spacial score (nSPS) is 10.2. The second-order valence-corrected chi connectivity index (χ2v) is 5.57. The minimum atomic E-state index is -0.463. The SMILES string of the molecule is Cc1ccc(OCC(=O)NNC(=O)c2ccccc2-n2cccn2)cc1. The first-order valence-electron chi connectivity index (χ1n) is 8.01. The zero-order chi connectivity index (χ0) is 18.4. The minimum absolute atomic E-state index is 0.204. The highest BCUT2D eigenvalue weighted by Crippen LogP contribution is 2.13. The smallest absolute Gasteiger partial charge is 0.276 e. The molecule has 0 saturated heterocycles. The van der Waals surface area contributed by atoms with Gasteiger partial charge in [0, 0.05) is 12.4 Å². The van der Waals surface area contributed by atoms with E-state index in [4.69, 9.17) is 4.74 Å². The zero-order valence-corrected chi connectivity index (χ0v) is 14.2. The molecule has 0 bridgehead atoms. The number of benzene rings is 2. The molecule has 1 aromatic heterocycles. The quantitative estimate of drug-likeness (QED) is 0.690. The molecule has 3 rings (SSSR count). The van der Waals surface area contributed by atoms with Gasteiger partial charge in [0.05, 0.1) is 11.3 Å². The third-order valence-electron chi connectivity index (χ3n) is 3.61. The van der Waals surface area contributed by atoms with Crippen molar-refractivity contribution in [1.82, 2.24) is 20.6 Å². The molecule has 0 aliphatic rings. The van der Waals surface area contributed by atoms with Gasteiger partial charge >= 0.3 is 0 Å². The predicted octanol–water partition coefficient (Wildman–Crippen LogP) is 2.02. The van der Waals surface area contributed by atoms with Crippen LogP contribution in [0.25, 0.3) is 5.69 Å². The molecule has 0 atom stereocenters. The first-order chi connectivity index (χ1) is 12.6. The van der Waals surface area contributed by atoms with Crippen LogP contribution in [0.5, 0.6) is 5.75 Å². The van der Waals surface area contributed by atoms with E-state index in [0.717, 1.165) is 5.56 Å². The van der Waals surface area contributed by atoms with Crippen molar-refractivity contribution in [2.75, 3.05) is 6.61 Å². The van der Waals surface area contributed by atoms with E-state index in [-0.39, 0.29) is 6.61 Å². The summed E-state index contributed by atoms with van der Waals surface area (Å²) in [4.78, 5) is 24.2. The summed E-state index contributed by atoms with van der Waals surface area (Å²) in [5.74, 6) is -0.323. The molecule has 132 valence electrons. The van der Waals surface area contributed by atoms with E-state index in [9.17, 15) is 9.59 Å². The van der Waals surface area contributed by atoms with E-state index in [1.165, 1.54) is 0 Å². The Bertz CT molecular complexity index is 889. The molecule has 0 unspecified atom stereocenters. The molecule has 0 fully saturated rings. The Kier molecular flexibility index (Phi) is 5.28. The largest absolute Gasteiger partial charge is 0.484 e. The van der Waals surface area contributed by atoms with Gasteiger partial charge in [0.15, 0.2) is 6.61 Å². The lowest BCUT2D eigenvalue weighted by atomic mass is 10.1. The van der Waals surface area contributed by atoms with Crippen molar-refractivity contribution in [3.63, 3.8) is 0 Å². The first kappa shape index (κ1) is 17.2. The Morgan fingerprint density at radius 1 is 1.04 bits per heavy atom. The van der Waals surface area contributed by atoms with E-state index in [2.05, 4.69) is 16.0 Å². The maximum absolute atomic E-state index is 12.4. The van der Waals surface area contributed by atoms with Gasteiger partial charge in [0.2, 0.25) is 0 Å². The molecule has 0 radical (unpaired) electrons. The summed E-state index contributed by atoms with van der Waals surface area (Å²) in [5.41, 5.74) is 6.83. The highest BCUT2D eigenvalue weighted by Gasteiger charge is 2.13. The fourth-order valence-electron chi connectivity index (χ4n) is 2.29. The van der Waals surface area contributed by atoms with Gasteiger partial charge < -0.3 is 4.74 Å². The number of amides is 2. The molecule has 7 heteroatoms. The van der Waals surface area contributed by atoms with Gasteiger partial charge in [-0.3, -0.25) is 20.4 Å². The molecule has 0 saturated carbocycles. The Morgan fingerprint density at radius 2 is 1.81 bits per heavy atom. The maximum Gasteiger partial charge on any atom is 0.276 e. The maximum atomic E-state index is 12.4. The molecule has 2 N–H and O–H groups in total. The highest BCUT2D eigenvalue weighted by molar-refractivity contribution is 5.98. The van der Waals surface area contributed by atoms with E-state index in [1.54, 1.807) is 53.5 Å². The van der Waals surface area contributed by atoms with Crippen LogP contribution in [0, 0.1) is 6.92 Å². The Morgan fingerprint density at radius 3 is 2.54 bits per heavy atom. The molecule has 7 nitrogen and oxygen atoms in total. The molecule has 0 aliphatic carbocycles. The van der Waals surface area contributed by atoms with Crippen molar-refractivity contribution < 1.29 is 14.3 Å². The van der Waals surface area contributed by atoms with Gasteiger partial charge in [-0.25, -0.2) is 4.68 Å². The number of aryl methyl sites for hydroxylation is 1. The second kappa shape index (κ2) is 7.98. The van der Waals surface area contributed by atoms with Crippen LogP contribution in [-0.2, 0) is 4.79 Å². The monoisotopic (exact) mass is 350 g/mol. The molecule has 0 aliphatic heterocycles. The molecule has 26 heavy (non-hydrogen) atoms. The van der Waals surface area contributed by atoms with Crippen LogP contribution in [0.15, 0.2) is 67.0 Å². The van der Waals surface area contributed by atoms with E-state index in [1.807, 2.05) is 25.1 Å². The third-order valence-corrected chi connectivity index (χ3v) is 3.61. The third kappa shape index (κ3) is 4.27. The van der Waals surface area contributed by atoms with E-state index in [0.29, 0.717) is 17.0 Å². The van der Waals surface area contributed by atoms with Crippen molar-refractivity contribution in [2.24, 2.45) is 0 Å². The van der Waals surface area contributed by atoms with Gasteiger partial charge in [-0.15, -0.1) is 0 Å². The van der Waals surface area contributed by atoms with Crippen LogP contribution in [0.4, 0.5) is 0 Å². The second-order valence-electron chi connectivity index (χ2n) is 5.57. The minimum Gasteiger partial charge on any atom is -0.484 e. The van der Waals surface area contributed by atoms with Crippen molar-refractivity contribution in [2.45, 2.75) is 6.92 Å². The number of aromatic nitrogens is 2. The Labute approximate surface area is 150 Å². The fourth-order valence-corrected chi connectivity index (χ4v) is 2.29. The number of carbonyl (C=O) groups is 2. The summed E-state index contributed by atoms with van der Waals surface area (Å²) < 4.78 is 6.95. The summed E-state index contributed by atoms with van der Waals surface area (Å²) in [7, 11) is 0. The Balaban J connectivity index is 1.56. The van der Waals surface area contributed by atoms with E-state index < -0.39 is 11.8 Å². The Hall–Kier alpha value is -3.61. The summed E-state index contributed by atoms with van der Waals surface area (Å²) in [5, 5.41) is 4.12. The lowest BCUT2D eigenvalue weighted by Gasteiger charge is -2.11. The molecule has 2 amide bonds. The van der Waals surface area contributed by atoms with Crippen LogP contribution in [0.1, 0.15) is 15.9 Å². The van der Waals surface area contributed by atoms with Gasteiger partial charge in [-0.1, -0.05) is 29.8 Å². The summed E-state index contributed by atoms with van der Waals surface area (Å²) in [6.07, 6.45) is 3.36. The number of rotatable bonds is 5. The van der Waals surface area contributed by atoms with Crippen LogP contribution >= 0.6 is 0 Å². The van der Waals surface area contributed by atoms with Crippen LogP contribution in [0.3, 0.4) is 0 Å².